The van der Waals surface area contributed by atoms with E-state index in [2.05, 4.69) is 11.4 Å². The summed E-state index contributed by atoms with van der Waals surface area (Å²) in [5, 5.41) is 12.4. The Morgan fingerprint density at radius 3 is 2.90 bits per heavy atom. The molecule has 0 atom stereocenters. The average molecular weight is 297 g/mol. The van der Waals surface area contributed by atoms with Gasteiger partial charge in [-0.2, -0.15) is 5.26 Å². The first-order chi connectivity index (χ1) is 9.77. The molecule has 0 amide bonds. The number of methoxy groups -OCH3 is 1. The molecule has 1 aromatic carbocycles. The Labute approximate surface area is 125 Å². The van der Waals surface area contributed by atoms with Crippen molar-refractivity contribution >= 4 is 11.6 Å². The summed E-state index contributed by atoms with van der Waals surface area (Å²) in [6.45, 7) is 2.77. The molecule has 0 fully saturated rings. The molecular weight excluding hydrogens is 276 g/mol. The topological polar surface area (TPSA) is 54.3 Å². The van der Waals surface area contributed by atoms with Crippen LogP contribution in [0.15, 0.2) is 18.2 Å². The van der Waals surface area contributed by atoms with Gasteiger partial charge in [0.2, 0.25) is 0 Å². The highest BCUT2D eigenvalue weighted by atomic mass is 35.5. The van der Waals surface area contributed by atoms with Crippen molar-refractivity contribution in [2.75, 3.05) is 26.9 Å². The smallest absolute Gasteiger partial charge is 0.123 e. The van der Waals surface area contributed by atoms with E-state index in [0.717, 1.165) is 30.7 Å². The summed E-state index contributed by atoms with van der Waals surface area (Å²) in [5.74, 6) is 0.844. The van der Waals surface area contributed by atoms with Gasteiger partial charge >= 0.3 is 0 Å². The van der Waals surface area contributed by atoms with Gasteiger partial charge < -0.3 is 14.8 Å². The highest BCUT2D eigenvalue weighted by Crippen LogP contribution is 2.23. The minimum absolute atomic E-state index is 0.579. The van der Waals surface area contributed by atoms with E-state index in [-0.39, 0.29) is 0 Å². The predicted octanol–water partition coefficient (Wildman–Crippen LogP) is 3.15. The summed E-state index contributed by atoms with van der Waals surface area (Å²) in [6.07, 6.45) is 2.33. The van der Waals surface area contributed by atoms with Gasteiger partial charge in [-0.3, -0.25) is 0 Å². The zero-order valence-electron chi connectivity index (χ0n) is 11.8. The van der Waals surface area contributed by atoms with Crippen LogP contribution in [0.4, 0.5) is 0 Å². The van der Waals surface area contributed by atoms with Crippen molar-refractivity contribution in [1.82, 2.24) is 5.32 Å². The van der Waals surface area contributed by atoms with Gasteiger partial charge in [0.25, 0.3) is 0 Å². The molecule has 0 aliphatic rings. The summed E-state index contributed by atoms with van der Waals surface area (Å²) < 4.78 is 10.7. The van der Waals surface area contributed by atoms with Crippen LogP contribution in [-0.4, -0.2) is 26.9 Å². The van der Waals surface area contributed by atoms with Crippen molar-refractivity contribution in [3.8, 4) is 11.8 Å². The third-order valence-electron chi connectivity index (χ3n) is 2.76. The minimum Gasteiger partial charge on any atom is -0.493 e. The van der Waals surface area contributed by atoms with E-state index in [9.17, 15) is 0 Å². The standard InChI is InChI=1S/C15H21ClN2O2/c1-19-10-8-18-12-13-11-14(16)5-6-15(13)20-9-4-2-3-7-17/h5-6,11,18H,2-4,8-10,12H2,1H3. The molecule has 1 rings (SSSR count). The highest BCUT2D eigenvalue weighted by Gasteiger charge is 2.04. The fourth-order valence-corrected chi connectivity index (χ4v) is 1.91. The third kappa shape index (κ3) is 6.76. The number of nitrogens with one attached hydrogen (secondary N) is 1. The van der Waals surface area contributed by atoms with Crippen LogP contribution < -0.4 is 10.1 Å². The Hall–Kier alpha value is -1.28. The lowest BCUT2D eigenvalue weighted by molar-refractivity contribution is 0.199. The predicted molar refractivity (Wildman–Crippen MR) is 80.0 cm³/mol. The maximum Gasteiger partial charge on any atom is 0.123 e. The normalized spacial score (nSPS) is 10.2. The number of ether oxygens (including phenoxy) is 2. The van der Waals surface area contributed by atoms with E-state index in [1.54, 1.807) is 7.11 Å². The van der Waals surface area contributed by atoms with Crippen molar-refractivity contribution in [3.05, 3.63) is 28.8 Å². The van der Waals surface area contributed by atoms with E-state index in [4.69, 9.17) is 26.3 Å². The number of nitriles is 1. The minimum atomic E-state index is 0.579. The molecule has 0 aliphatic carbocycles. The van der Waals surface area contributed by atoms with Gasteiger partial charge in [-0.05, 0) is 31.0 Å². The largest absolute Gasteiger partial charge is 0.493 e. The average Bonchev–Trinajstić information content (AvgIpc) is 2.45. The van der Waals surface area contributed by atoms with E-state index in [1.807, 2.05) is 18.2 Å². The Balaban J connectivity index is 2.45. The van der Waals surface area contributed by atoms with Gasteiger partial charge in [0.1, 0.15) is 5.75 Å². The molecule has 0 saturated carbocycles. The first-order valence-electron chi connectivity index (χ1n) is 6.75. The molecule has 0 saturated heterocycles. The summed E-state index contributed by atoms with van der Waals surface area (Å²) in [6, 6.07) is 7.75. The van der Waals surface area contributed by atoms with Crippen molar-refractivity contribution in [1.29, 1.82) is 5.26 Å². The molecule has 0 heterocycles. The first kappa shape index (κ1) is 16.8. The molecule has 0 aromatic heterocycles. The quantitative estimate of drug-likeness (QED) is 0.674. The Bertz CT molecular complexity index is 432. The van der Waals surface area contributed by atoms with Gasteiger partial charge in [0.05, 0.1) is 19.3 Å². The van der Waals surface area contributed by atoms with Crippen molar-refractivity contribution < 1.29 is 9.47 Å². The maximum absolute atomic E-state index is 8.47. The van der Waals surface area contributed by atoms with Crippen LogP contribution in [0.25, 0.3) is 0 Å². The molecule has 4 nitrogen and oxygen atoms in total. The summed E-state index contributed by atoms with van der Waals surface area (Å²) in [4.78, 5) is 0. The fourth-order valence-electron chi connectivity index (χ4n) is 1.71. The second-order valence-electron chi connectivity index (χ2n) is 4.39. The van der Waals surface area contributed by atoms with E-state index >= 15 is 0 Å². The van der Waals surface area contributed by atoms with Crippen molar-refractivity contribution in [3.63, 3.8) is 0 Å². The molecular formula is C15H21ClN2O2. The van der Waals surface area contributed by atoms with Gasteiger partial charge in [-0.25, -0.2) is 0 Å². The van der Waals surface area contributed by atoms with Crippen LogP contribution in [-0.2, 0) is 11.3 Å². The first-order valence-corrected chi connectivity index (χ1v) is 7.13. The molecule has 0 unspecified atom stereocenters. The Morgan fingerprint density at radius 2 is 2.15 bits per heavy atom. The lowest BCUT2D eigenvalue weighted by Crippen LogP contribution is -2.19. The Kier molecular flexibility index (Phi) is 8.81. The molecule has 1 aromatic rings. The van der Waals surface area contributed by atoms with Crippen LogP contribution in [0.5, 0.6) is 5.75 Å². The molecule has 0 radical (unpaired) electrons. The number of halogens is 1. The van der Waals surface area contributed by atoms with E-state index in [0.29, 0.717) is 31.2 Å². The molecule has 0 spiro atoms. The second-order valence-corrected chi connectivity index (χ2v) is 4.82. The van der Waals surface area contributed by atoms with Crippen LogP contribution in [0, 0.1) is 11.3 Å². The van der Waals surface area contributed by atoms with Gasteiger partial charge in [0, 0.05) is 37.2 Å². The maximum atomic E-state index is 8.47. The van der Waals surface area contributed by atoms with Crippen LogP contribution >= 0.6 is 11.6 Å². The Morgan fingerprint density at radius 1 is 1.30 bits per heavy atom. The van der Waals surface area contributed by atoms with E-state index < -0.39 is 0 Å². The zero-order valence-corrected chi connectivity index (χ0v) is 12.6. The SMILES string of the molecule is COCCNCc1cc(Cl)ccc1OCCCCC#N. The molecule has 1 N–H and O–H groups in total. The lowest BCUT2D eigenvalue weighted by atomic mass is 10.2. The number of hydrogen-bond donors (Lipinski definition) is 1. The monoisotopic (exact) mass is 296 g/mol. The number of nitrogens with zero attached hydrogens (tertiary/aromatic N) is 1. The van der Waals surface area contributed by atoms with E-state index in [1.165, 1.54) is 0 Å². The molecule has 0 bridgehead atoms. The van der Waals surface area contributed by atoms with Crippen molar-refractivity contribution in [2.24, 2.45) is 0 Å². The summed E-state index contributed by atoms with van der Waals surface area (Å²) in [5.41, 5.74) is 1.04. The van der Waals surface area contributed by atoms with Crippen LogP contribution in [0.2, 0.25) is 5.02 Å². The fraction of sp³-hybridized carbons (Fsp3) is 0.533. The molecule has 20 heavy (non-hydrogen) atoms. The van der Waals surface area contributed by atoms with Crippen LogP contribution in [0.3, 0.4) is 0 Å². The van der Waals surface area contributed by atoms with Gasteiger partial charge in [0.15, 0.2) is 0 Å². The molecule has 110 valence electrons. The number of rotatable bonds is 10. The number of hydrogen-bond acceptors (Lipinski definition) is 4. The molecule has 0 aliphatic heterocycles. The van der Waals surface area contributed by atoms with Crippen LogP contribution in [0.1, 0.15) is 24.8 Å². The second kappa shape index (κ2) is 10.5. The molecule has 5 heteroatoms. The van der Waals surface area contributed by atoms with Gasteiger partial charge in [-0.15, -0.1) is 0 Å². The van der Waals surface area contributed by atoms with Gasteiger partial charge in [-0.1, -0.05) is 11.6 Å². The third-order valence-corrected chi connectivity index (χ3v) is 3.00. The zero-order chi connectivity index (χ0) is 14.6. The summed E-state index contributed by atoms with van der Waals surface area (Å²) >= 11 is 6.02. The highest BCUT2D eigenvalue weighted by molar-refractivity contribution is 6.30. The number of benzene rings is 1. The summed E-state index contributed by atoms with van der Waals surface area (Å²) in [7, 11) is 1.68. The van der Waals surface area contributed by atoms with Crippen molar-refractivity contribution in [2.45, 2.75) is 25.8 Å². The number of unbranched alkanes of at least 4 members (excludes halogenated alkanes) is 2. The lowest BCUT2D eigenvalue weighted by Gasteiger charge is -2.12.